The Labute approximate surface area is 152 Å². The van der Waals surface area contributed by atoms with Crippen LogP contribution in [0.4, 0.5) is 0 Å². The first-order valence-corrected chi connectivity index (χ1v) is 8.55. The number of ketones is 2. The minimum atomic E-state index is -0.940. The molecular formula is C20H19BO5. The fraction of sp³-hybridized carbons (Fsp3) is 0.300. The standard InChI is InChI=1S/C20H19BO5/c1-19(2)20(3,4)26-21(25-19)15-14(12-8-6-5-7-9-12)16(22)13-10-11-24-18(13)17(15)23/h5-11H,1-4H3. The number of furan rings is 1. The van der Waals surface area contributed by atoms with Crippen molar-refractivity contribution in [1.29, 1.82) is 0 Å². The Hall–Kier alpha value is -2.44. The first-order chi connectivity index (χ1) is 12.2. The minimum Gasteiger partial charge on any atom is -0.460 e. The van der Waals surface area contributed by atoms with Gasteiger partial charge in [0, 0.05) is 11.0 Å². The summed E-state index contributed by atoms with van der Waals surface area (Å²) in [5, 5.41) is 0. The van der Waals surface area contributed by atoms with Gasteiger partial charge in [0.15, 0.2) is 11.5 Å². The molecule has 1 aromatic carbocycles. The summed E-state index contributed by atoms with van der Waals surface area (Å²) in [4.78, 5) is 26.3. The zero-order valence-corrected chi connectivity index (χ0v) is 15.2. The molecule has 0 atom stereocenters. The van der Waals surface area contributed by atoms with E-state index in [0.717, 1.165) is 0 Å². The second kappa shape index (κ2) is 5.53. The highest BCUT2D eigenvalue weighted by molar-refractivity contribution is 6.68. The number of rotatable bonds is 2. The third kappa shape index (κ3) is 2.33. The van der Waals surface area contributed by atoms with Gasteiger partial charge in [-0.2, -0.15) is 0 Å². The van der Waals surface area contributed by atoms with E-state index in [1.165, 1.54) is 12.3 Å². The van der Waals surface area contributed by atoms with Gasteiger partial charge in [0.25, 0.3) is 0 Å². The first-order valence-electron chi connectivity index (χ1n) is 8.55. The summed E-state index contributed by atoms with van der Waals surface area (Å²) in [5.41, 5.74) is 0.181. The van der Waals surface area contributed by atoms with Gasteiger partial charge >= 0.3 is 7.12 Å². The van der Waals surface area contributed by atoms with Crippen LogP contribution in [0.2, 0.25) is 0 Å². The van der Waals surface area contributed by atoms with E-state index >= 15 is 0 Å². The SMILES string of the molecule is CC1(C)OB(C2=C(c3ccccc3)C(=O)c3ccoc3C2=O)OC1(C)C. The first kappa shape index (κ1) is 17.0. The lowest BCUT2D eigenvalue weighted by Crippen LogP contribution is -2.41. The normalized spacial score (nSPS) is 21.3. The molecule has 1 aromatic heterocycles. The van der Waals surface area contributed by atoms with Crippen molar-refractivity contribution in [2.24, 2.45) is 0 Å². The highest BCUT2D eigenvalue weighted by atomic mass is 16.7. The van der Waals surface area contributed by atoms with E-state index in [1.807, 2.05) is 45.9 Å². The zero-order valence-electron chi connectivity index (χ0n) is 15.2. The molecule has 0 saturated carbocycles. The molecule has 132 valence electrons. The van der Waals surface area contributed by atoms with Gasteiger partial charge in [0.2, 0.25) is 5.78 Å². The molecule has 2 aliphatic rings. The van der Waals surface area contributed by atoms with Crippen LogP contribution < -0.4 is 0 Å². The Morgan fingerprint density at radius 1 is 0.846 bits per heavy atom. The maximum Gasteiger partial charge on any atom is 0.499 e. The third-order valence-corrected chi connectivity index (χ3v) is 5.41. The molecule has 4 rings (SSSR count). The lowest BCUT2D eigenvalue weighted by Gasteiger charge is -2.32. The number of hydrogen-bond acceptors (Lipinski definition) is 5. The number of hydrogen-bond donors (Lipinski definition) is 0. The van der Waals surface area contributed by atoms with Crippen LogP contribution in [0.5, 0.6) is 0 Å². The molecule has 2 heterocycles. The van der Waals surface area contributed by atoms with Crippen molar-refractivity contribution >= 4 is 24.3 Å². The van der Waals surface area contributed by atoms with Crippen LogP contribution in [0.15, 0.2) is 52.6 Å². The predicted molar refractivity (Wildman–Crippen MR) is 96.8 cm³/mol. The fourth-order valence-corrected chi connectivity index (χ4v) is 3.23. The van der Waals surface area contributed by atoms with E-state index in [2.05, 4.69) is 0 Å². The van der Waals surface area contributed by atoms with Crippen molar-refractivity contribution in [2.75, 3.05) is 0 Å². The van der Waals surface area contributed by atoms with Crippen molar-refractivity contribution in [3.8, 4) is 0 Å². The van der Waals surface area contributed by atoms with Crippen molar-refractivity contribution in [3.63, 3.8) is 0 Å². The second-order valence-electron chi connectivity index (χ2n) is 7.56. The second-order valence-corrected chi connectivity index (χ2v) is 7.56. The average molecular weight is 350 g/mol. The molecule has 0 radical (unpaired) electrons. The molecule has 1 saturated heterocycles. The maximum absolute atomic E-state index is 13.2. The van der Waals surface area contributed by atoms with E-state index in [1.54, 1.807) is 12.1 Å². The molecule has 5 nitrogen and oxygen atoms in total. The summed E-state index contributed by atoms with van der Waals surface area (Å²) >= 11 is 0. The Balaban J connectivity index is 1.93. The van der Waals surface area contributed by atoms with Crippen molar-refractivity contribution in [1.82, 2.24) is 0 Å². The minimum absolute atomic E-state index is 0.0411. The van der Waals surface area contributed by atoms with Gasteiger partial charge in [-0.25, -0.2) is 0 Å². The number of carbonyl (C=O) groups excluding carboxylic acids is 2. The number of fused-ring (bicyclic) bond motifs is 1. The lowest BCUT2D eigenvalue weighted by molar-refractivity contribution is 0.00578. The molecule has 26 heavy (non-hydrogen) atoms. The summed E-state index contributed by atoms with van der Waals surface area (Å²) in [6.07, 6.45) is 1.36. The van der Waals surface area contributed by atoms with Gasteiger partial charge in [0.05, 0.1) is 23.0 Å². The summed E-state index contributed by atoms with van der Waals surface area (Å²) in [5.74, 6) is -0.592. The average Bonchev–Trinajstić information content (AvgIpc) is 3.14. The van der Waals surface area contributed by atoms with Crippen LogP contribution in [0.3, 0.4) is 0 Å². The zero-order chi connectivity index (χ0) is 18.7. The van der Waals surface area contributed by atoms with E-state index in [4.69, 9.17) is 13.7 Å². The summed E-state index contributed by atoms with van der Waals surface area (Å²) in [7, 11) is -0.940. The van der Waals surface area contributed by atoms with Gasteiger partial charge in [-0.3, -0.25) is 9.59 Å². The Kier molecular flexibility index (Phi) is 3.62. The van der Waals surface area contributed by atoms with Crippen molar-refractivity contribution in [3.05, 3.63) is 65.0 Å². The van der Waals surface area contributed by atoms with E-state index in [9.17, 15) is 9.59 Å². The number of Topliss-reactive ketones (excluding diaryl/α,β-unsaturated/α-hetero) is 2. The lowest BCUT2D eigenvalue weighted by atomic mass is 9.67. The monoisotopic (exact) mass is 350 g/mol. The predicted octanol–water partition coefficient (Wildman–Crippen LogP) is 3.74. The molecule has 1 aliphatic heterocycles. The molecule has 1 fully saturated rings. The van der Waals surface area contributed by atoms with Crippen molar-refractivity contribution < 1.29 is 23.3 Å². The van der Waals surface area contributed by atoms with Gasteiger partial charge in [-0.05, 0) is 39.3 Å². The molecule has 0 spiro atoms. The highest BCUT2D eigenvalue weighted by Crippen LogP contribution is 2.43. The van der Waals surface area contributed by atoms with Crippen LogP contribution >= 0.6 is 0 Å². The smallest absolute Gasteiger partial charge is 0.460 e. The number of carbonyl (C=O) groups is 2. The molecule has 0 amide bonds. The van der Waals surface area contributed by atoms with Crippen molar-refractivity contribution in [2.45, 2.75) is 38.9 Å². The number of benzene rings is 1. The Morgan fingerprint density at radius 2 is 1.46 bits per heavy atom. The molecule has 1 aliphatic carbocycles. The van der Waals surface area contributed by atoms with Gasteiger partial charge in [-0.15, -0.1) is 0 Å². The van der Waals surface area contributed by atoms with Crippen LogP contribution in [0, 0.1) is 0 Å². The summed E-state index contributed by atoms with van der Waals surface area (Å²) < 4.78 is 17.4. The van der Waals surface area contributed by atoms with Crippen LogP contribution in [0.25, 0.3) is 5.57 Å². The summed E-state index contributed by atoms with van der Waals surface area (Å²) in [6, 6.07) is 10.6. The van der Waals surface area contributed by atoms with Crippen LogP contribution in [-0.2, 0) is 9.31 Å². The highest BCUT2D eigenvalue weighted by Gasteiger charge is 2.56. The topological polar surface area (TPSA) is 65.7 Å². The third-order valence-electron chi connectivity index (χ3n) is 5.41. The molecule has 2 aromatic rings. The van der Waals surface area contributed by atoms with E-state index in [0.29, 0.717) is 11.1 Å². The van der Waals surface area contributed by atoms with E-state index in [-0.39, 0.29) is 28.4 Å². The van der Waals surface area contributed by atoms with Gasteiger partial charge in [0.1, 0.15) is 0 Å². The number of allylic oxidation sites excluding steroid dienone is 2. The molecule has 0 unspecified atom stereocenters. The Morgan fingerprint density at radius 3 is 2.08 bits per heavy atom. The molecule has 6 heteroatoms. The molecule has 0 bridgehead atoms. The molecular weight excluding hydrogens is 331 g/mol. The largest absolute Gasteiger partial charge is 0.499 e. The van der Waals surface area contributed by atoms with Crippen LogP contribution in [-0.4, -0.2) is 29.9 Å². The fourth-order valence-electron chi connectivity index (χ4n) is 3.23. The van der Waals surface area contributed by atoms with Gasteiger partial charge in [-0.1, -0.05) is 30.3 Å². The molecule has 0 N–H and O–H groups in total. The van der Waals surface area contributed by atoms with E-state index < -0.39 is 18.3 Å². The summed E-state index contributed by atoms with van der Waals surface area (Å²) in [6.45, 7) is 7.62. The van der Waals surface area contributed by atoms with Gasteiger partial charge < -0.3 is 13.7 Å². The maximum atomic E-state index is 13.2. The quantitative estimate of drug-likeness (QED) is 0.772. The Bertz CT molecular complexity index is 920. The van der Waals surface area contributed by atoms with Crippen LogP contribution in [0.1, 0.15) is 54.2 Å².